The number of nitrogens with one attached hydrogen (secondary N) is 1. The number of hydrogen-bond acceptors (Lipinski definition) is 6. The molecule has 0 aromatic carbocycles. The average Bonchev–Trinajstić information content (AvgIpc) is 3.21. The van der Waals surface area contributed by atoms with E-state index in [1.807, 2.05) is 29.5 Å². The molecule has 1 aliphatic rings. The van der Waals surface area contributed by atoms with E-state index < -0.39 is 0 Å². The molecule has 0 aliphatic carbocycles. The molecular formula is C18H20N6O2. The van der Waals surface area contributed by atoms with Gasteiger partial charge in [0, 0.05) is 18.9 Å². The second-order valence-corrected chi connectivity index (χ2v) is 6.33. The zero-order chi connectivity index (χ0) is 18.1. The number of furan rings is 1. The first kappa shape index (κ1) is 16.3. The molecule has 0 unspecified atom stereocenters. The fraction of sp³-hybridized carbons (Fsp3) is 0.333. The van der Waals surface area contributed by atoms with E-state index in [2.05, 4.69) is 20.4 Å². The molecule has 1 amide bonds. The maximum Gasteiger partial charge on any atom is 0.257 e. The third-order valence-electron chi connectivity index (χ3n) is 4.40. The number of rotatable bonds is 4. The van der Waals surface area contributed by atoms with Gasteiger partial charge in [-0.2, -0.15) is 5.10 Å². The lowest BCUT2D eigenvalue weighted by molar-refractivity contribution is 0.0704. The Balaban J connectivity index is 1.45. The first-order valence-corrected chi connectivity index (χ1v) is 8.53. The van der Waals surface area contributed by atoms with Crippen LogP contribution >= 0.6 is 0 Å². The van der Waals surface area contributed by atoms with Gasteiger partial charge in [0.2, 0.25) is 5.95 Å². The van der Waals surface area contributed by atoms with Gasteiger partial charge >= 0.3 is 0 Å². The lowest BCUT2D eigenvalue weighted by atomic mass is 10.2. The van der Waals surface area contributed by atoms with Crippen molar-refractivity contribution in [2.45, 2.75) is 33.5 Å². The second-order valence-electron chi connectivity index (χ2n) is 6.33. The molecule has 3 aromatic rings. The molecule has 4 rings (SSSR count). The van der Waals surface area contributed by atoms with E-state index in [-0.39, 0.29) is 5.91 Å². The molecule has 0 fully saturated rings. The van der Waals surface area contributed by atoms with Crippen molar-refractivity contribution in [1.82, 2.24) is 24.6 Å². The van der Waals surface area contributed by atoms with E-state index in [0.29, 0.717) is 43.5 Å². The Bertz CT molecular complexity index is 931. The highest BCUT2D eigenvalue weighted by atomic mass is 16.3. The molecule has 0 radical (unpaired) electrons. The van der Waals surface area contributed by atoms with Gasteiger partial charge in [0.15, 0.2) is 0 Å². The summed E-state index contributed by atoms with van der Waals surface area (Å²) in [4.78, 5) is 22.9. The van der Waals surface area contributed by atoms with E-state index in [1.165, 1.54) is 0 Å². The first-order chi connectivity index (χ1) is 12.6. The molecule has 0 atom stereocenters. The summed E-state index contributed by atoms with van der Waals surface area (Å²) < 4.78 is 7.45. The predicted molar refractivity (Wildman–Crippen MR) is 94.5 cm³/mol. The van der Waals surface area contributed by atoms with E-state index in [4.69, 9.17) is 4.42 Å². The Labute approximate surface area is 150 Å². The van der Waals surface area contributed by atoms with Crippen molar-refractivity contribution < 1.29 is 9.21 Å². The molecule has 134 valence electrons. The normalized spacial score (nSPS) is 13.5. The lowest BCUT2D eigenvalue weighted by Gasteiger charge is -2.27. The van der Waals surface area contributed by atoms with Gasteiger partial charge < -0.3 is 14.6 Å². The minimum absolute atomic E-state index is 0.00385. The molecule has 0 saturated carbocycles. The molecule has 0 bridgehead atoms. The average molecular weight is 352 g/mol. The molecule has 4 heterocycles. The summed E-state index contributed by atoms with van der Waals surface area (Å²) in [5.41, 5.74) is 2.56. The third kappa shape index (κ3) is 3.17. The van der Waals surface area contributed by atoms with Crippen molar-refractivity contribution >= 4 is 11.9 Å². The summed E-state index contributed by atoms with van der Waals surface area (Å²) in [6.45, 7) is 6.06. The topological polar surface area (TPSA) is 89.1 Å². The van der Waals surface area contributed by atoms with Crippen LogP contribution in [0.1, 0.15) is 33.3 Å². The molecule has 1 aliphatic heterocycles. The number of aryl methyl sites for hydroxylation is 2. The number of carbonyl (C=O) groups excluding carboxylic acids is 1. The zero-order valence-electron chi connectivity index (χ0n) is 14.8. The quantitative estimate of drug-likeness (QED) is 0.774. The van der Waals surface area contributed by atoms with Crippen LogP contribution in [-0.2, 0) is 19.6 Å². The third-order valence-corrected chi connectivity index (χ3v) is 4.40. The molecule has 3 aromatic heterocycles. The minimum Gasteiger partial charge on any atom is -0.466 e. The molecule has 0 saturated heterocycles. The van der Waals surface area contributed by atoms with Crippen LogP contribution in [0.25, 0.3) is 0 Å². The van der Waals surface area contributed by atoms with Gasteiger partial charge in [0.1, 0.15) is 11.5 Å². The maximum absolute atomic E-state index is 12.8. The van der Waals surface area contributed by atoms with Gasteiger partial charge in [-0.15, -0.1) is 0 Å². The van der Waals surface area contributed by atoms with E-state index in [9.17, 15) is 4.79 Å². The Morgan fingerprint density at radius 1 is 1.23 bits per heavy atom. The van der Waals surface area contributed by atoms with Crippen molar-refractivity contribution in [3.05, 3.63) is 59.1 Å². The number of nitrogens with zero attached hydrogens (tertiary/aromatic N) is 5. The van der Waals surface area contributed by atoms with Gasteiger partial charge in [-0.3, -0.25) is 9.48 Å². The molecule has 0 spiro atoms. The van der Waals surface area contributed by atoms with E-state index in [0.717, 1.165) is 17.1 Å². The summed E-state index contributed by atoms with van der Waals surface area (Å²) >= 11 is 0. The lowest BCUT2D eigenvalue weighted by Crippen LogP contribution is -2.38. The molecule has 8 nitrogen and oxygen atoms in total. The summed E-state index contributed by atoms with van der Waals surface area (Å²) in [6, 6.07) is 5.59. The highest BCUT2D eigenvalue weighted by Gasteiger charge is 2.25. The number of carbonyl (C=O) groups is 1. The number of fused-ring (bicyclic) bond motifs is 1. The van der Waals surface area contributed by atoms with Gasteiger partial charge in [-0.05, 0) is 32.0 Å². The van der Waals surface area contributed by atoms with E-state index >= 15 is 0 Å². The molecule has 8 heteroatoms. The first-order valence-electron chi connectivity index (χ1n) is 8.53. The summed E-state index contributed by atoms with van der Waals surface area (Å²) in [6.07, 6.45) is 3.38. The van der Waals surface area contributed by atoms with Gasteiger partial charge in [0.05, 0.1) is 36.6 Å². The minimum atomic E-state index is 0.00385. The summed E-state index contributed by atoms with van der Waals surface area (Å²) in [5, 5.41) is 7.75. The highest BCUT2D eigenvalue weighted by Crippen LogP contribution is 2.20. The van der Waals surface area contributed by atoms with E-state index in [1.54, 1.807) is 24.5 Å². The summed E-state index contributed by atoms with van der Waals surface area (Å²) in [7, 11) is 0. The number of amides is 1. The van der Waals surface area contributed by atoms with Crippen LogP contribution in [0, 0.1) is 13.8 Å². The van der Waals surface area contributed by atoms with Gasteiger partial charge in [-0.1, -0.05) is 0 Å². The van der Waals surface area contributed by atoms with Crippen molar-refractivity contribution in [1.29, 1.82) is 0 Å². The predicted octanol–water partition coefficient (Wildman–Crippen LogP) is 2.15. The van der Waals surface area contributed by atoms with Crippen LogP contribution in [0.4, 0.5) is 5.95 Å². The smallest absolute Gasteiger partial charge is 0.257 e. The van der Waals surface area contributed by atoms with Crippen LogP contribution in [0.3, 0.4) is 0 Å². The largest absolute Gasteiger partial charge is 0.466 e. The Morgan fingerprint density at radius 3 is 2.77 bits per heavy atom. The van der Waals surface area contributed by atoms with Crippen molar-refractivity contribution in [3.8, 4) is 0 Å². The molecular weight excluding hydrogens is 332 g/mol. The van der Waals surface area contributed by atoms with Crippen LogP contribution < -0.4 is 5.32 Å². The zero-order valence-corrected chi connectivity index (χ0v) is 14.8. The van der Waals surface area contributed by atoms with Crippen molar-refractivity contribution in [2.24, 2.45) is 0 Å². The highest BCUT2D eigenvalue weighted by molar-refractivity contribution is 5.95. The van der Waals surface area contributed by atoms with Gasteiger partial charge in [0.25, 0.3) is 5.91 Å². The Hall–Kier alpha value is -3.16. The molecule has 26 heavy (non-hydrogen) atoms. The second kappa shape index (κ2) is 6.62. The van der Waals surface area contributed by atoms with Crippen LogP contribution in [-0.4, -0.2) is 37.1 Å². The molecule has 1 N–H and O–H groups in total. The van der Waals surface area contributed by atoms with Gasteiger partial charge in [-0.25, -0.2) is 9.97 Å². The maximum atomic E-state index is 12.8. The van der Waals surface area contributed by atoms with Crippen molar-refractivity contribution in [2.75, 3.05) is 11.9 Å². The fourth-order valence-corrected chi connectivity index (χ4v) is 3.16. The fourth-order valence-electron chi connectivity index (χ4n) is 3.16. The van der Waals surface area contributed by atoms with Crippen molar-refractivity contribution in [3.63, 3.8) is 0 Å². The Morgan fingerprint density at radius 2 is 2.04 bits per heavy atom. The monoisotopic (exact) mass is 352 g/mol. The van der Waals surface area contributed by atoms with Crippen LogP contribution in [0.15, 0.2) is 35.0 Å². The Kier molecular flexibility index (Phi) is 4.16. The van der Waals surface area contributed by atoms with Crippen LogP contribution in [0.5, 0.6) is 0 Å². The SMILES string of the molecule is Cc1cc(C(=O)N2CCn3nc(CNc4ncccn4)cc3C2)c(C)o1. The number of hydrogen-bond donors (Lipinski definition) is 1. The number of anilines is 1. The summed E-state index contributed by atoms with van der Waals surface area (Å²) in [5.74, 6) is 1.99. The number of aromatic nitrogens is 4. The van der Waals surface area contributed by atoms with Crippen LogP contribution in [0.2, 0.25) is 0 Å². The standard InChI is InChI=1S/C18H20N6O2/c1-12-8-16(13(2)26-12)17(25)23-6-7-24-15(11-23)9-14(22-24)10-21-18-19-4-3-5-20-18/h3-5,8-9H,6-7,10-11H2,1-2H3,(H,19,20,21).